The van der Waals surface area contributed by atoms with E-state index in [0.717, 1.165) is 4.31 Å². The van der Waals surface area contributed by atoms with E-state index in [1.807, 2.05) is 13.8 Å². The van der Waals surface area contributed by atoms with Gasteiger partial charge in [0.15, 0.2) is 11.5 Å². The van der Waals surface area contributed by atoms with E-state index in [4.69, 9.17) is 21.1 Å². The molecule has 0 saturated heterocycles. The van der Waals surface area contributed by atoms with Crippen LogP contribution in [0.5, 0.6) is 11.5 Å². The highest BCUT2D eigenvalue weighted by molar-refractivity contribution is 7.92. The highest BCUT2D eigenvalue weighted by atomic mass is 35.5. The van der Waals surface area contributed by atoms with Crippen molar-refractivity contribution in [3.8, 4) is 11.5 Å². The SMILES string of the molecule is CC[C@@H](C)NC(=O)[C@@H](C)N(Cc1cccc(Cl)c1)C(=O)CN(c1ccccc1)S(=O)(=O)c1ccc(OC)c(OC)c1. The zero-order chi connectivity index (χ0) is 30.2. The first kappa shape index (κ1) is 31.8. The number of hydrogen-bond acceptors (Lipinski definition) is 6. The summed E-state index contributed by atoms with van der Waals surface area (Å²) in [5, 5.41) is 3.39. The van der Waals surface area contributed by atoms with Crippen molar-refractivity contribution in [3.63, 3.8) is 0 Å². The molecule has 0 aromatic heterocycles. The number of ether oxygens (including phenoxy) is 2. The number of carbonyl (C=O) groups excluding carboxylic acids is 2. The topological polar surface area (TPSA) is 105 Å². The molecule has 1 N–H and O–H groups in total. The molecule has 3 rings (SSSR count). The standard InChI is InChI=1S/C30H36ClN3O6S/c1-6-21(2)32-30(36)22(3)33(19-23-11-10-12-24(31)17-23)29(35)20-34(25-13-8-7-9-14-25)41(37,38)26-15-16-27(39-4)28(18-26)40-5/h7-18,21-22H,6,19-20H2,1-5H3,(H,32,36)/t21-,22-/m1/s1. The number of rotatable bonds is 13. The molecule has 0 radical (unpaired) electrons. The van der Waals surface area contributed by atoms with Gasteiger partial charge in [0.1, 0.15) is 12.6 Å². The zero-order valence-electron chi connectivity index (χ0n) is 23.8. The Morgan fingerprint density at radius 3 is 2.22 bits per heavy atom. The molecule has 0 unspecified atom stereocenters. The number of hydrogen-bond donors (Lipinski definition) is 1. The summed E-state index contributed by atoms with van der Waals surface area (Å²) < 4.78 is 39.6. The lowest BCUT2D eigenvalue weighted by atomic mass is 10.1. The van der Waals surface area contributed by atoms with E-state index in [0.29, 0.717) is 22.8 Å². The lowest BCUT2D eigenvalue weighted by Gasteiger charge is -2.32. The van der Waals surface area contributed by atoms with Gasteiger partial charge in [-0.1, -0.05) is 48.9 Å². The van der Waals surface area contributed by atoms with E-state index < -0.39 is 28.5 Å². The molecular formula is C30H36ClN3O6S. The predicted octanol–water partition coefficient (Wildman–Crippen LogP) is 4.88. The predicted molar refractivity (Wildman–Crippen MR) is 160 cm³/mol. The van der Waals surface area contributed by atoms with Crippen molar-refractivity contribution >= 4 is 39.1 Å². The van der Waals surface area contributed by atoms with Gasteiger partial charge in [0.05, 0.1) is 24.8 Å². The normalized spacial score (nSPS) is 12.6. The fourth-order valence-corrected chi connectivity index (χ4v) is 5.75. The Labute approximate surface area is 247 Å². The molecule has 0 fully saturated rings. The minimum absolute atomic E-state index is 0.0491. The molecule has 0 heterocycles. The molecule has 0 aliphatic heterocycles. The number of nitrogens with zero attached hydrogens (tertiary/aromatic N) is 2. The summed E-state index contributed by atoms with van der Waals surface area (Å²) in [5.41, 5.74) is 0.984. The molecule has 0 bridgehead atoms. The Morgan fingerprint density at radius 2 is 1.61 bits per heavy atom. The Bertz CT molecular complexity index is 1450. The summed E-state index contributed by atoms with van der Waals surface area (Å²) in [6, 6.07) is 18.5. The lowest BCUT2D eigenvalue weighted by molar-refractivity contribution is -0.139. The molecule has 2 atom stereocenters. The van der Waals surface area contributed by atoms with E-state index >= 15 is 0 Å². The van der Waals surface area contributed by atoms with Crippen LogP contribution in [0.2, 0.25) is 5.02 Å². The molecule has 2 amide bonds. The highest BCUT2D eigenvalue weighted by Gasteiger charge is 2.33. The first-order valence-corrected chi connectivity index (χ1v) is 15.0. The number of nitrogens with one attached hydrogen (secondary N) is 1. The third-order valence-corrected chi connectivity index (χ3v) is 8.68. The van der Waals surface area contributed by atoms with Crippen LogP contribution in [0.4, 0.5) is 5.69 Å². The van der Waals surface area contributed by atoms with Crippen LogP contribution in [0.1, 0.15) is 32.8 Å². The smallest absolute Gasteiger partial charge is 0.264 e. The van der Waals surface area contributed by atoms with Crippen molar-refractivity contribution < 1.29 is 27.5 Å². The zero-order valence-corrected chi connectivity index (χ0v) is 25.4. The number of halogens is 1. The molecule has 11 heteroatoms. The van der Waals surface area contributed by atoms with Crippen LogP contribution in [-0.4, -0.2) is 58.0 Å². The van der Waals surface area contributed by atoms with Crippen molar-refractivity contribution in [1.29, 1.82) is 0 Å². The van der Waals surface area contributed by atoms with Gasteiger partial charge in [-0.2, -0.15) is 0 Å². The Hall–Kier alpha value is -3.76. The molecule has 220 valence electrons. The van der Waals surface area contributed by atoms with Crippen LogP contribution in [0.15, 0.2) is 77.7 Å². The monoisotopic (exact) mass is 601 g/mol. The second-order valence-corrected chi connectivity index (χ2v) is 11.8. The van der Waals surface area contributed by atoms with E-state index in [1.165, 1.54) is 37.3 Å². The molecule has 0 aliphatic carbocycles. The fraction of sp³-hybridized carbons (Fsp3) is 0.333. The second-order valence-electron chi connectivity index (χ2n) is 9.51. The van der Waals surface area contributed by atoms with Crippen molar-refractivity contribution in [2.75, 3.05) is 25.1 Å². The summed E-state index contributed by atoms with van der Waals surface area (Å²) in [4.78, 5) is 28.4. The number of amides is 2. The third kappa shape index (κ3) is 7.92. The van der Waals surface area contributed by atoms with E-state index in [-0.39, 0.29) is 34.8 Å². The number of para-hydroxylation sites is 1. The lowest BCUT2D eigenvalue weighted by Crippen LogP contribution is -2.52. The largest absolute Gasteiger partial charge is 0.493 e. The molecule has 0 spiro atoms. The summed E-state index contributed by atoms with van der Waals surface area (Å²) in [6.45, 7) is 4.94. The highest BCUT2D eigenvalue weighted by Crippen LogP contribution is 2.32. The summed E-state index contributed by atoms with van der Waals surface area (Å²) in [5.74, 6) is -0.318. The van der Waals surface area contributed by atoms with E-state index in [9.17, 15) is 18.0 Å². The summed E-state index contributed by atoms with van der Waals surface area (Å²) in [7, 11) is -1.40. The van der Waals surface area contributed by atoms with Crippen molar-refractivity contribution in [2.45, 2.75) is 50.7 Å². The molecule has 3 aromatic carbocycles. The van der Waals surface area contributed by atoms with Gasteiger partial charge in [-0.15, -0.1) is 0 Å². The first-order chi connectivity index (χ1) is 19.5. The second kappa shape index (κ2) is 14.2. The average Bonchev–Trinajstić information content (AvgIpc) is 2.97. The van der Waals surface area contributed by atoms with Crippen molar-refractivity contribution in [2.24, 2.45) is 0 Å². The summed E-state index contributed by atoms with van der Waals surface area (Å²) in [6.07, 6.45) is 0.714. The molecule has 9 nitrogen and oxygen atoms in total. The number of carbonyl (C=O) groups is 2. The van der Waals surface area contributed by atoms with Crippen LogP contribution in [0.3, 0.4) is 0 Å². The van der Waals surface area contributed by atoms with Gasteiger partial charge in [0.25, 0.3) is 10.0 Å². The molecule has 41 heavy (non-hydrogen) atoms. The average molecular weight is 602 g/mol. The van der Waals surface area contributed by atoms with E-state index in [2.05, 4.69) is 5.32 Å². The van der Waals surface area contributed by atoms with Crippen LogP contribution in [0, 0.1) is 0 Å². The molecule has 0 saturated carbocycles. The van der Waals surface area contributed by atoms with Gasteiger partial charge in [0, 0.05) is 23.7 Å². The van der Waals surface area contributed by atoms with Gasteiger partial charge in [0.2, 0.25) is 11.8 Å². The van der Waals surface area contributed by atoms with Crippen LogP contribution in [-0.2, 0) is 26.2 Å². The molecular weight excluding hydrogens is 566 g/mol. The van der Waals surface area contributed by atoms with Gasteiger partial charge < -0.3 is 19.7 Å². The fourth-order valence-electron chi connectivity index (χ4n) is 4.11. The number of sulfonamides is 1. The third-order valence-electron chi connectivity index (χ3n) is 6.68. The van der Waals surface area contributed by atoms with Crippen molar-refractivity contribution in [1.82, 2.24) is 10.2 Å². The van der Waals surface area contributed by atoms with Crippen LogP contribution in [0.25, 0.3) is 0 Å². The Kier molecular flexibility index (Phi) is 11.0. The van der Waals surface area contributed by atoms with Crippen LogP contribution >= 0.6 is 11.6 Å². The van der Waals surface area contributed by atoms with Gasteiger partial charge >= 0.3 is 0 Å². The number of benzene rings is 3. The first-order valence-electron chi connectivity index (χ1n) is 13.2. The Morgan fingerprint density at radius 1 is 0.927 bits per heavy atom. The van der Waals surface area contributed by atoms with Gasteiger partial charge in [-0.3, -0.25) is 13.9 Å². The molecule has 3 aromatic rings. The molecule has 0 aliphatic rings. The number of anilines is 1. The van der Waals surface area contributed by atoms with E-state index in [1.54, 1.807) is 61.5 Å². The minimum atomic E-state index is -4.26. The Balaban J connectivity index is 2.04. The summed E-state index contributed by atoms with van der Waals surface area (Å²) >= 11 is 6.19. The maximum atomic E-state index is 14.0. The number of methoxy groups -OCH3 is 2. The quantitative estimate of drug-likeness (QED) is 0.299. The maximum absolute atomic E-state index is 14.0. The minimum Gasteiger partial charge on any atom is -0.493 e. The van der Waals surface area contributed by atoms with Crippen LogP contribution < -0.4 is 19.1 Å². The maximum Gasteiger partial charge on any atom is 0.264 e. The van der Waals surface area contributed by atoms with Crippen molar-refractivity contribution in [3.05, 3.63) is 83.4 Å². The van der Waals surface area contributed by atoms with Gasteiger partial charge in [-0.05, 0) is 62.2 Å². The van der Waals surface area contributed by atoms with Gasteiger partial charge in [-0.25, -0.2) is 8.42 Å².